The lowest BCUT2D eigenvalue weighted by Crippen LogP contribution is -2.19. The van der Waals surface area contributed by atoms with Crippen molar-refractivity contribution < 1.29 is 13.9 Å². The highest BCUT2D eigenvalue weighted by molar-refractivity contribution is 5.71. The van der Waals surface area contributed by atoms with Gasteiger partial charge < -0.3 is 10.1 Å². The van der Waals surface area contributed by atoms with Gasteiger partial charge >= 0.3 is 6.09 Å². The van der Waals surface area contributed by atoms with E-state index in [4.69, 9.17) is 4.74 Å². The fourth-order valence-electron chi connectivity index (χ4n) is 2.87. The van der Waals surface area contributed by atoms with Crippen LogP contribution in [0.4, 0.5) is 9.18 Å². The van der Waals surface area contributed by atoms with Gasteiger partial charge in [0.15, 0.2) is 6.10 Å². The molecule has 0 bridgehead atoms. The SMILES string of the molecule is O=C1N[C@@H](c2cncc(C#Cc3cccnc3)c2)[C@H](c2ccc(F)cc2)O1. The minimum atomic E-state index is -0.568. The molecule has 3 aromatic rings. The van der Waals surface area contributed by atoms with Crippen LogP contribution in [0.1, 0.15) is 34.4 Å². The molecule has 1 aromatic carbocycles. The number of alkyl carbamates (subject to hydrolysis) is 1. The lowest BCUT2D eigenvalue weighted by Gasteiger charge is -2.17. The number of carbonyl (C=O) groups is 1. The molecule has 1 saturated heterocycles. The van der Waals surface area contributed by atoms with Crippen molar-refractivity contribution in [3.8, 4) is 11.8 Å². The van der Waals surface area contributed by atoms with E-state index in [-0.39, 0.29) is 5.82 Å². The van der Waals surface area contributed by atoms with Crippen molar-refractivity contribution in [3.05, 3.63) is 95.3 Å². The van der Waals surface area contributed by atoms with E-state index in [0.29, 0.717) is 11.1 Å². The Morgan fingerprint density at radius 1 is 0.963 bits per heavy atom. The summed E-state index contributed by atoms with van der Waals surface area (Å²) >= 11 is 0. The van der Waals surface area contributed by atoms with E-state index in [1.807, 2.05) is 18.2 Å². The Kier molecular flexibility index (Phi) is 4.50. The number of rotatable bonds is 2. The summed E-state index contributed by atoms with van der Waals surface area (Å²) in [5.74, 6) is 5.72. The zero-order chi connectivity index (χ0) is 18.6. The monoisotopic (exact) mass is 359 g/mol. The van der Waals surface area contributed by atoms with Crippen molar-refractivity contribution in [2.45, 2.75) is 12.1 Å². The molecule has 2 aromatic heterocycles. The second-order valence-corrected chi connectivity index (χ2v) is 6.00. The van der Waals surface area contributed by atoms with Crippen LogP contribution in [0.3, 0.4) is 0 Å². The predicted octanol–water partition coefficient (Wildman–Crippen LogP) is 3.54. The molecule has 132 valence electrons. The fourth-order valence-corrected chi connectivity index (χ4v) is 2.87. The number of hydrogen-bond acceptors (Lipinski definition) is 4. The quantitative estimate of drug-likeness (QED) is 0.711. The second kappa shape index (κ2) is 7.26. The van der Waals surface area contributed by atoms with Gasteiger partial charge in [0, 0.05) is 35.9 Å². The molecular formula is C21H14FN3O2. The molecule has 1 N–H and O–H groups in total. The van der Waals surface area contributed by atoms with Gasteiger partial charge in [-0.3, -0.25) is 9.97 Å². The number of ether oxygens (including phenoxy) is 1. The number of hydrogen-bond donors (Lipinski definition) is 1. The third-order valence-electron chi connectivity index (χ3n) is 4.14. The Hall–Kier alpha value is -3.72. The van der Waals surface area contributed by atoms with Gasteiger partial charge in [-0.2, -0.15) is 0 Å². The van der Waals surface area contributed by atoms with E-state index in [9.17, 15) is 9.18 Å². The van der Waals surface area contributed by atoms with Gasteiger partial charge in [-0.05, 0) is 41.5 Å². The van der Waals surface area contributed by atoms with E-state index >= 15 is 0 Å². The molecule has 2 atom stereocenters. The van der Waals surface area contributed by atoms with E-state index in [1.54, 1.807) is 36.9 Å². The molecule has 6 heteroatoms. The molecular weight excluding hydrogens is 345 g/mol. The first-order valence-electron chi connectivity index (χ1n) is 8.29. The molecule has 3 heterocycles. The standard InChI is InChI=1S/C21H14FN3O2/c22-18-7-5-16(6-8-18)20-19(25-21(26)27-20)17-10-15(12-24-13-17)4-3-14-2-1-9-23-11-14/h1-2,5-13,19-20H,(H,25,26)/t19-,20-/m0/s1. The number of carbonyl (C=O) groups excluding carboxylic acids is 1. The molecule has 0 saturated carbocycles. The highest BCUT2D eigenvalue weighted by Crippen LogP contribution is 2.36. The summed E-state index contributed by atoms with van der Waals surface area (Å²) in [5, 5.41) is 2.78. The molecule has 1 amide bonds. The van der Waals surface area contributed by atoms with E-state index in [2.05, 4.69) is 27.1 Å². The number of pyridine rings is 2. The van der Waals surface area contributed by atoms with E-state index in [1.165, 1.54) is 12.1 Å². The van der Waals surface area contributed by atoms with E-state index in [0.717, 1.165) is 11.1 Å². The molecule has 5 nitrogen and oxygen atoms in total. The molecule has 0 radical (unpaired) electrons. The zero-order valence-electron chi connectivity index (χ0n) is 14.1. The minimum absolute atomic E-state index is 0.345. The Labute approximate surface area is 155 Å². The number of benzene rings is 1. The smallest absolute Gasteiger partial charge is 0.408 e. The molecule has 1 aliphatic heterocycles. The van der Waals surface area contributed by atoms with Crippen molar-refractivity contribution >= 4 is 6.09 Å². The van der Waals surface area contributed by atoms with Gasteiger partial charge in [0.2, 0.25) is 0 Å². The highest BCUT2D eigenvalue weighted by Gasteiger charge is 2.36. The highest BCUT2D eigenvalue weighted by atomic mass is 19.1. The van der Waals surface area contributed by atoms with Gasteiger partial charge in [0.1, 0.15) is 11.9 Å². The number of aromatic nitrogens is 2. The predicted molar refractivity (Wildman–Crippen MR) is 96.0 cm³/mol. The Morgan fingerprint density at radius 2 is 1.74 bits per heavy atom. The number of nitrogens with one attached hydrogen (secondary N) is 1. The summed E-state index contributed by atoms with van der Waals surface area (Å²) in [6.07, 6.45) is 5.58. The first kappa shape index (κ1) is 16.7. The van der Waals surface area contributed by atoms with Crippen LogP contribution in [0.25, 0.3) is 0 Å². The summed E-state index contributed by atoms with van der Waals surface area (Å²) in [7, 11) is 0. The van der Waals surface area contributed by atoms with Gasteiger partial charge in [0.05, 0.1) is 0 Å². The lowest BCUT2D eigenvalue weighted by atomic mass is 9.97. The molecule has 0 unspecified atom stereocenters. The first-order valence-corrected chi connectivity index (χ1v) is 8.29. The molecule has 0 aliphatic carbocycles. The third-order valence-corrected chi connectivity index (χ3v) is 4.14. The Morgan fingerprint density at radius 3 is 2.52 bits per heavy atom. The lowest BCUT2D eigenvalue weighted by molar-refractivity contribution is 0.132. The van der Waals surface area contributed by atoms with Crippen molar-refractivity contribution in [3.63, 3.8) is 0 Å². The maximum atomic E-state index is 13.2. The maximum Gasteiger partial charge on any atom is 0.408 e. The van der Waals surface area contributed by atoms with Crippen LogP contribution < -0.4 is 5.32 Å². The number of cyclic esters (lactones) is 1. The molecule has 4 rings (SSSR count). The summed E-state index contributed by atoms with van der Waals surface area (Å²) in [5.41, 5.74) is 2.96. The van der Waals surface area contributed by atoms with Crippen molar-refractivity contribution in [2.24, 2.45) is 0 Å². The van der Waals surface area contributed by atoms with Crippen molar-refractivity contribution in [2.75, 3.05) is 0 Å². The third kappa shape index (κ3) is 3.77. The van der Waals surface area contributed by atoms with Crippen LogP contribution in [0.2, 0.25) is 0 Å². The van der Waals surface area contributed by atoms with Crippen LogP contribution in [-0.2, 0) is 4.74 Å². The zero-order valence-corrected chi connectivity index (χ0v) is 14.1. The minimum Gasteiger partial charge on any atom is -0.439 e. The first-order chi connectivity index (χ1) is 13.2. The average molecular weight is 359 g/mol. The fraction of sp³-hybridized carbons (Fsp3) is 0.0952. The largest absolute Gasteiger partial charge is 0.439 e. The van der Waals surface area contributed by atoms with Crippen LogP contribution in [0.15, 0.2) is 67.3 Å². The number of nitrogens with zero attached hydrogens (tertiary/aromatic N) is 2. The normalized spacial score (nSPS) is 18.2. The topological polar surface area (TPSA) is 64.1 Å². The molecule has 1 fully saturated rings. The van der Waals surface area contributed by atoms with Gasteiger partial charge in [-0.25, -0.2) is 9.18 Å². The van der Waals surface area contributed by atoms with Crippen molar-refractivity contribution in [1.29, 1.82) is 0 Å². The Bertz CT molecular complexity index is 1030. The van der Waals surface area contributed by atoms with Crippen LogP contribution >= 0.6 is 0 Å². The van der Waals surface area contributed by atoms with Gasteiger partial charge in [0.25, 0.3) is 0 Å². The summed E-state index contributed by atoms with van der Waals surface area (Å²) in [6, 6.07) is 11.0. The summed E-state index contributed by atoms with van der Waals surface area (Å²) < 4.78 is 18.6. The summed E-state index contributed by atoms with van der Waals surface area (Å²) in [6.45, 7) is 0. The van der Waals surface area contributed by atoms with Crippen LogP contribution in [0, 0.1) is 17.7 Å². The molecule has 0 spiro atoms. The van der Waals surface area contributed by atoms with Gasteiger partial charge in [-0.15, -0.1) is 0 Å². The number of halogens is 1. The maximum absolute atomic E-state index is 13.2. The van der Waals surface area contributed by atoms with Crippen molar-refractivity contribution in [1.82, 2.24) is 15.3 Å². The second-order valence-electron chi connectivity index (χ2n) is 6.00. The molecule has 1 aliphatic rings. The van der Waals surface area contributed by atoms with E-state index < -0.39 is 18.2 Å². The van der Waals surface area contributed by atoms with Gasteiger partial charge in [-0.1, -0.05) is 24.0 Å². The Balaban J connectivity index is 1.63. The average Bonchev–Trinajstić information content (AvgIpc) is 3.10. The van der Waals surface area contributed by atoms with Crippen LogP contribution in [0.5, 0.6) is 0 Å². The molecule has 27 heavy (non-hydrogen) atoms. The van der Waals surface area contributed by atoms with Crippen LogP contribution in [-0.4, -0.2) is 16.1 Å². The summed E-state index contributed by atoms with van der Waals surface area (Å²) in [4.78, 5) is 20.1. The number of amides is 1.